The quantitative estimate of drug-likeness (QED) is 0.408. The fourth-order valence-corrected chi connectivity index (χ4v) is 3.90. The topological polar surface area (TPSA) is 49.0 Å². The molecule has 0 radical (unpaired) electrons. The van der Waals surface area contributed by atoms with Crippen molar-refractivity contribution in [3.05, 3.63) is 101 Å². The van der Waals surface area contributed by atoms with Crippen LogP contribution in [0.1, 0.15) is 53.5 Å². The van der Waals surface area contributed by atoms with Gasteiger partial charge < -0.3 is 9.88 Å². The van der Waals surface area contributed by atoms with E-state index >= 15 is 0 Å². The molecule has 0 bridgehead atoms. The Labute approximate surface area is 190 Å². The number of nitrogens with one attached hydrogen (secondary N) is 1. The van der Waals surface area contributed by atoms with Gasteiger partial charge >= 0.3 is 0 Å². The lowest BCUT2D eigenvalue weighted by atomic mass is 9.87. The number of carbonyl (C=O) groups is 1. The summed E-state index contributed by atoms with van der Waals surface area (Å²) in [6.07, 6.45) is 4.36. The average Bonchev–Trinajstić information content (AvgIpc) is 3.26. The summed E-state index contributed by atoms with van der Waals surface area (Å²) in [6.45, 7) is 9.89. The van der Waals surface area contributed by atoms with E-state index in [2.05, 4.69) is 86.2 Å². The molecule has 0 fully saturated rings. The van der Waals surface area contributed by atoms with Gasteiger partial charge in [0, 0.05) is 30.9 Å². The Morgan fingerprint density at radius 2 is 1.62 bits per heavy atom. The Bertz CT molecular complexity index is 1200. The second-order valence-electron chi connectivity index (χ2n) is 9.51. The number of fused-ring (bicyclic) bond motifs is 1. The molecule has 164 valence electrons. The van der Waals surface area contributed by atoms with E-state index < -0.39 is 0 Å². The molecule has 0 aliphatic rings. The van der Waals surface area contributed by atoms with Crippen LogP contribution < -0.4 is 0 Å². The highest BCUT2D eigenvalue weighted by Gasteiger charge is 2.21. The van der Waals surface area contributed by atoms with Gasteiger partial charge in [-0.1, -0.05) is 74.9 Å². The summed E-state index contributed by atoms with van der Waals surface area (Å²) in [5.41, 5.74) is 6.24. The second-order valence-corrected chi connectivity index (χ2v) is 9.51. The number of nitrogens with zero attached hydrogens (tertiary/aromatic N) is 2. The number of hydrogen-bond donors (Lipinski definition) is 1. The van der Waals surface area contributed by atoms with E-state index in [1.165, 1.54) is 16.7 Å². The molecule has 4 nitrogen and oxygen atoms in total. The zero-order valence-electron chi connectivity index (χ0n) is 19.4. The fourth-order valence-electron chi connectivity index (χ4n) is 3.90. The largest absolute Gasteiger partial charge is 0.359 e. The molecule has 0 saturated heterocycles. The number of aromatic nitrogens is 2. The summed E-state index contributed by atoms with van der Waals surface area (Å²) < 4.78 is 0. The summed E-state index contributed by atoms with van der Waals surface area (Å²) in [7, 11) is 0. The molecule has 2 heterocycles. The third-order valence-corrected chi connectivity index (χ3v) is 5.95. The van der Waals surface area contributed by atoms with Gasteiger partial charge in [0.05, 0.1) is 5.52 Å². The van der Waals surface area contributed by atoms with E-state index in [4.69, 9.17) is 0 Å². The van der Waals surface area contributed by atoms with Crippen LogP contribution in [0.2, 0.25) is 0 Å². The number of rotatable bonds is 6. The molecule has 2 aromatic carbocycles. The van der Waals surface area contributed by atoms with E-state index in [1.54, 1.807) is 6.20 Å². The Kier molecular flexibility index (Phi) is 6.13. The van der Waals surface area contributed by atoms with Gasteiger partial charge in [-0.05, 0) is 47.6 Å². The fraction of sp³-hybridized carbons (Fsp3) is 0.286. The van der Waals surface area contributed by atoms with Crippen molar-refractivity contribution >= 4 is 16.8 Å². The summed E-state index contributed by atoms with van der Waals surface area (Å²) in [5.74, 6) is -0.0509. The van der Waals surface area contributed by atoms with Crippen LogP contribution in [-0.4, -0.2) is 27.3 Å². The molecule has 32 heavy (non-hydrogen) atoms. The van der Waals surface area contributed by atoms with E-state index in [-0.39, 0.29) is 11.3 Å². The third kappa shape index (κ3) is 4.91. The van der Waals surface area contributed by atoms with Crippen LogP contribution in [0.5, 0.6) is 0 Å². The number of aromatic amines is 1. The van der Waals surface area contributed by atoms with Crippen molar-refractivity contribution in [2.24, 2.45) is 0 Å². The first-order chi connectivity index (χ1) is 15.3. The minimum Gasteiger partial charge on any atom is -0.359 e. The van der Waals surface area contributed by atoms with Crippen molar-refractivity contribution in [2.75, 3.05) is 6.54 Å². The van der Waals surface area contributed by atoms with Crippen LogP contribution in [0.25, 0.3) is 10.9 Å². The van der Waals surface area contributed by atoms with Crippen molar-refractivity contribution in [3.63, 3.8) is 0 Å². The third-order valence-electron chi connectivity index (χ3n) is 5.95. The highest BCUT2D eigenvalue weighted by Crippen LogP contribution is 2.23. The Hall–Kier alpha value is -3.40. The van der Waals surface area contributed by atoms with Gasteiger partial charge in [-0.2, -0.15) is 0 Å². The molecule has 1 N–H and O–H groups in total. The Morgan fingerprint density at radius 1 is 0.938 bits per heavy atom. The predicted molar refractivity (Wildman–Crippen MR) is 131 cm³/mol. The predicted octanol–water partition coefficient (Wildman–Crippen LogP) is 6.05. The minimum atomic E-state index is -0.0509. The second kappa shape index (κ2) is 8.99. The van der Waals surface area contributed by atoms with E-state index in [1.807, 2.05) is 23.2 Å². The van der Waals surface area contributed by atoms with Crippen LogP contribution in [0.4, 0.5) is 0 Å². The summed E-state index contributed by atoms with van der Waals surface area (Å²) >= 11 is 0. The first-order valence-electron chi connectivity index (χ1n) is 11.2. The van der Waals surface area contributed by atoms with Gasteiger partial charge in [0.25, 0.3) is 5.91 Å². The number of hydrogen-bond acceptors (Lipinski definition) is 2. The molecule has 4 heteroatoms. The molecule has 4 aromatic rings. The minimum absolute atomic E-state index is 0.0509. The number of H-pyrrole nitrogens is 1. The molecular formula is C28H31N3O. The van der Waals surface area contributed by atoms with Crippen LogP contribution in [0.15, 0.2) is 73.1 Å². The Balaban J connectivity index is 1.60. The summed E-state index contributed by atoms with van der Waals surface area (Å²) in [5, 5.41) is 0.997. The average molecular weight is 426 g/mol. The molecule has 0 spiro atoms. The molecular weight excluding hydrogens is 394 g/mol. The molecule has 0 atom stereocenters. The van der Waals surface area contributed by atoms with Gasteiger partial charge in [0.1, 0.15) is 0 Å². The zero-order chi connectivity index (χ0) is 22.7. The molecule has 1 amide bonds. The van der Waals surface area contributed by atoms with Gasteiger partial charge in [0.15, 0.2) is 5.69 Å². The molecule has 2 aromatic heterocycles. The normalized spacial score (nSPS) is 11.6. The maximum atomic E-state index is 13.6. The number of pyridine rings is 1. The summed E-state index contributed by atoms with van der Waals surface area (Å²) in [6, 6.07) is 21.0. The first kappa shape index (κ1) is 21.8. The number of aryl methyl sites for hydroxylation is 1. The number of carbonyl (C=O) groups excluding carboxylic acids is 1. The van der Waals surface area contributed by atoms with Crippen molar-refractivity contribution in [2.45, 2.75) is 46.1 Å². The molecule has 0 saturated carbocycles. The maximum absolute atomic E-state index is 13.6. The van der Waals surface area contributed by atoms with Crippen LogP contribution in [-0.2, 0) is 18.4 Å². The van der Waals surface area contributed by atoms with Gasteiger partial charge in [-0.3, -0.25) is 4.79 Å². The zero-order valence-corrected chi connectivity index (χ0v) is 19.4. The van der Waals surface area contributed by atoms with Crippen LogP contribution in [0, 0.1) is 6.92 Å². The number of amides is 1. The lowest BCUT2D eigenvalue weighted by Crippen LogP contribution is -2.33. The highest BCUT2D eigenvalue weighted by molar-refractivity contribution is 6.03. The van der Waals surface area contributed by atoms with Crippen LogP contribution >= 0.6 is 0 Å². The monoisotopic (exact) mass is 425 g/mol. The van der Waals surface area contributed by atoms with Gasteiger partial charge in [-0.15, -0.1) is 0 Å². The molecule has 0 aliphatic heterocycles. The summed E-state index contributed by atoms with van der Waals surface area (Å²) in [4.78, 5) is 23.1. The van der Waals surface area contributed by atoms with Gasteiger partial charge in [-0.25, -0.2) is 4.98 Å². The van der Waals surface area contributed by atoms with E-state index in [0.717, 1.165) is 22.9 Å². The highest BCUT2D eigenvalue weighted by atomic mass is 16.2. The first-order valence-corrected chi connectivity index (χ1v) is 11.2. The van der Waals surface area contributed by atoms with Gasteiger partial charge in [0.2, 0.25) is 0 Å². The van der Waals surface area contributed by atoms with E-state index in [0.29, 0.717) is 18.8 Å². The molecule has 4 rings (SSSR count). The number of benzene rings is 2. The van der Waals surface area contributed by atoms with Crippen LogP contribution in [0.3, 0.4) is 0 Å². The SMILES string of the molecule is Cc1ccc(CCN(Cc2ccc(C(C)(C)C)cc2)C(=O)c2nccc3cc[nH]c23)cc1. The maximum Gasteiger partial charge on any atom is 0.274 e. The standard InChI is InChI=1S/C28H31N3O/c1-20-5-7-21(8-6-20)15-18-31(19-22-9-11-24(12-10-22)28(2,3)4)27(32)26-25-23(13-16-29-25)14-17-30-26/h5-14,16-17,29H,15,18-19H2,1-4H3. The molecule has 0 unspecified atom stereocenters. The molecule has 0 aliphatic carbocycles. The van der Waals surface area contributed by atoms with Crippen molar-refractivity contribution < 1.29 is 4.79 Å². The van der Waals surface area contributed by atoms with Crippen molar-refractivity contribution in [3.8, 4) is 0 Å². The lowest BCUT2D eigenvalue weighted by Gasteiger charge is -2.24. The van der Waals surface area contributed by atoms with E-state index in [9.17, 15) is 4.79 Å². The van der Waals surface area contributed by atoms with Crippen molar-refractivity contribution in [1.29, 1.82) is 0 Å². The van der Waals surface area contributed by atoms with Crippen molar-refractivity contribution in [1.82, 2.24) is 14.9 Å². The Morgan fingerprint density at radius 3 is 2.31 bits per heavy atom. The lowest BCUT2D eigenvalue weighted by molar-refractivity contribution is 0.0741. The smallest absolute Gasteiger partial charge is 0.274 e.